The first kappa shape index (κ1) is 36.2. The second-order valence-corrected chi connectivity index (χ2v) is 2.00. The minimum absolute atomic E-state index is 0. The summed E-state index contributed by atoms with van der Waals surface area (Å²) in [5.74, 6) is 0. The second kappa shape index (κ2) is 22.5. The van der Waals surface area contributed by atoms with E-state index in [2.05, 4.69) is 6.58 Å². The van der Waals surface area contributed by atoms with Gasteiger partial charge < -0.3 is 24.0 Å². The molecule has 0 fully saturated rings. The highest BCUT2D eigenvalue weighted by Crippen LogP contribution is 1.94. The molecule has 1 nitrogen and oxygen atoms in total. The molecule has 7 heteroatoms. The van der Waals surface area contributed by atoms with Gasteiger partial charge in [0, 0.05) is 12.1 Å². The Hall–Kier alpha value is 3.27. The molecule has 0 N–H and O–H groups in total. The van der Waals surface area contributed by atoms with Crippen LogP contribution in [-0.4, -0.2) is 0 Å². The van der Waals surface area contributed by atoms with Gasteiger partial charge >= 0.3 is 0 Å². The first-order chi connectivity index (χ1) is 4.33. The van der Waals surface area contributed by atoms with Crippen molar-refractivity contribution in [1.29, 1.82) is 0 Å². The summed E-state index contributed by atoms with van der Waals surface area (Å²) in [5.41, 5.74) is 1.16. The standard InChI is InChI=1S/C8H10N.6HI/c1-3-8-4-6-9(2)7-5-8;;;;;;/h3-7H,1H2,2H3;6*1H/q+1;;;;;;/p-1. The maximum Gasteiger partial charge on any atom is 0.169 e. The van der Waals surface area contributed by atoms with Gasteiger partial charge in [-0.05, 0) is 5.56 Å². The molecule has 1 heterocycles. The molecule has 0 bridgehead atoms. The number of hydrogen-bond acceptors (Lipinski definition) is 0. The number of nitrogens with zero attached hydrogens (tertiary/aromatic N) is 1. The van der Waals surface area contributed by atoms with E-state index in [0.29, 0.717) is 0 Å². The summed E-state index contributed by atoms with van der Waals surface area (Å²) in [6, 6.07) is 4.04. The quantitative estimate of drug-likeness (QED) is 0.296. The minimum Gasteiger partial charge on any atom is -1.00 e. The molecule has 0 unspecified atom stereocenters. The topological polar surface area (TPSA) is 3.88 Å². The molecule has 0 spiro atoms. The van der Waals surface area contributed by atoms with Crippen molar-refractivity contribution in [3.63, 3.8) is 0 Å². The van der Waals surface area contributed by atoms with Gasteiger partial charge in [0.25, 0.3) is 0 Å². The number of pyridine rings is 1. The van der Waals surface area contributed by atoms with Crippen molar-refractivity contribution < 1.29 is 28.5 Å². The SMILES string of the molecule is C=Cc1cc[n+](C)cc1.I.I.I.I.I.[I-]. The summed E-state index contributed by atoms with van der Waals surface area (Å²) < 4.78 is 1.99. The third-order valence-corrected chi connectivity index (χ3v) is 1.24. The van der Waals surface area contributed by atoms with Crippen LogP contribution in [0.25, 0.3) is 6.08 Å². The lowest BCUT2D eigenvalue weighted by molar-refractivity contribution is -0.671. The summed E-state index contributed by atoms with van der Waals surface area (Å²) in [6.45, 7) is 3.65. The van der Waals surface area contributed by atoms with E-state index in [-0.39, 0.29) is 144 Å². The molecule has 0 aliphatic carbocycles. The average Bonchev–Trinajstić information content (AvgIpc) is 1.90. The van der Waals surface area contributed by atoms with E-state index in [1.165, 1.54) is 0 Å². The van der Waals surface area contributed by atoms with Crippen molar-refractivity contribution in [2.75, 3.05) is 0 Å². The third-order valence-electron chi connectivity index (χ3n) is 1.24. The summed E-state index contributed by atoms with van der Waals surface area (Å²) in [7, 11) is 1.99. The number of aryl methyl sites for hydroxylation is 1. The van der Waals surface area contributed by atoms with Crippen LogP contribution in [0.5, 0.6) is 0 Å². The molecule has 15 heavy (non-hydrogen) atoms. The van der Waals surface area contributed by atoms with Gasteiger partial charge in [-0.25, -0.2) is 4.57 Å². The fourth-order valence-corrected chi connectivity index (χ4v) is 0.649. The van der Waals surface area contributed by atoms with Crippen LogP contribution >= 0.6 is 120 Å². The van der Waals surface area contributed by atoms with E-state index >= 15 is 0 Å². The molecule has 0 saturated carbocycles. The average molecular weight is 887 g/mol. The summed E-state index contributed by atoms with van der Waals surface area (Å²) in [4.78, 5) is 0. The Kier molecular flexibility index (Phi) is 54.2. The van der Waals surface area contributed by atoms with Gasteiger partial charge in [-0.3, -0.25) is 0 Å². The molecular formula is C8H15I6N. The minimum atomic E-state index is 0. The molecule has 0 aromatic carbocycles. The molecule has 94 valence electrons. The highest BCUT2D eigenvalue weighted by atomic mass is 127. The van der Waals surface area contributed by atoms with E-state index in [0.717, 1.165) is 5.56 Å². The molecule has 0 aliphatic heterocycles. The number of aromatic nitrogens is 1. The zero-order valence-electron chi connectivity index (χ0n) is 7.96. The van der Waals surface area contributed by atoms with Gasteiger partial charge in [0.1, 0.15) is 7.05 Å². The molecule has 0 aliphatic rings. The number of halogens is 6. The summed E-state index contributed by atoms with van der Waals surface area (Å²) in [6.07, 6.45) is 5.83. The molecule has 1 aromatic rings. The Morgan fingerprint density at radius 3 is 1.60 bits per heavy atom. The Bertz CT molecular complexity index is 213. The predicted molar refractivity (Wildman–Crippen MR) is 115 cm³/mol. The van der Waals surface area contributed by atoms with Gasteiger partial charge in [0.15, 0.2) is 12.4 Å². The Labute approximate surface area is 194 Å². The molecule has 0 radical (unpaired) electrons. The summed E-state index contributed by atoms with van der Waals surface area (Å²) in [5, 5.41) is 0. The zero-order chi connectivity index (χ0) is 6.69. The van der Waals surface area contributed by atoms with E-state index in [1.54, 1.807) is 0 Å². The smallest absolute Gasteiger partial charge is 0.169 e. The first-order valence-corrected chi connectivity index (χ1v) is 2.90. The highest BCUT2D eigenvalue weighted by Gasteiger charge is 1.87. The Balaban J connectivity index is -0.0000000337. The van der Waals surface area contributed by atoms with Gasteiger partial charge in [-0.2, -0.15) is 0 Å². The maximum absolute atomic E-state index is 3.65. The Morgan fingerprint density at radius 1 is 1.00 bits per heavy atom. The van der Waals surface area contributed by atoms with Crippen LogP contribution in [-0.2, 0) is 7.05 Å². The molecule has 0 amide bonds. The fourth-order valence-electron chi connectivity index (χ4n) is 0.649. The van der Waals surface area contributed by atoms with Crippen LogP contribution < -0.4 is 28.5 Å². The second-order valence-electron chi connectivity index (χ2n) is 2.00. The molecular weight excluding hydrogens is 872 g/mol. The van der Waals surface area contributed by atoms with Crippen molar-refractivity contribution in [2.24, 2.45) is 7.05 Å². The van der Waals surface area contributed by atoms with E-state index in [1.807, 2.05) is 42.2 Å². The normalized spacial score (nSPS) is 5.40. The van der Waals surface area contributed by atoms with E-state index in [4.69, 9.17) is 0 Å². The molecule has 0 saturated heterocycles. The lowest BCUT2D eigenvalue weighted by Crippen LogP contribution is -3.00. The van der Waals surface area contributed by atoms with Gasteiger partial charge in [0.2, 0.25) is 0 Å². The van der Waals surface area contributed by atoms with Crippen molar-refractivity contribution in [2.45, 2.75) is 0 Å². The highest BCUT2D eigenvalue weighted by molar-refractivity contribution is 14.0. The van der Waals surface area contributed by atoms with E-state index in [9.17, 15) is 0 Å². The number of rotatable bonds is 1. The largest absolute Gasteiger partial charge is 1.00 e. The van der Waals surface area contributed by atoms with Crippen molar-refractivity contribution in [3.05, 3.63) is 36.7 Å². The van der Waals surface area contributed by atoms with Gasteiger partial charge in [-0.1, -0.05) is 12.7 Å². The summed E-state index contributed by atoms with van der Waals surface area (Å²) >= 11 is 0. The van der Waals surface area contributed by atoms with Crippen LogP contribution in [0, 0.1) is 0 Å². The maximum atomic E-state index is 3.65. The predicted octanol–water partition coefficient (Wildman–Crippen LogP) is 1.25. The lowest BCUT2D eigenvalue weighted by Gasteiger charge is -1.86. The van der Waals surface area contributed by atoms with Crippen molar-refractivity contribution >= 4 is 126 Å². The lowest BCUT2D eigenvalue weighted by atomic mass is 10.3. The van der Waals surface area contributed by atoms with Crippen LogP contribution in [0.3, 0.4) is 0 Å². The molecule has 0 atom stereocenters. The van der Waals surface area contributed by atoms with Gasteiger partial charge in [0.05, 0.1) is 0 Å². The molecule has 1 aromatic heterocycles. The van der Waals surface area contributed by atoms with Crippen molar-refractivity contribution in [3.8, 4) is 0 Å². The van der Waals surface area contributed by atoms with Crippen molar-refractivity contribution in [1.82, 2.24) is 0 Å². The third kappa shape index (κ3) is 17.3. The zero-order valence-corrected chi connectivity index (χ0v) is 21.8. The fraction of sp³-hybridized carbons (Fsp3) is 0.125. The number of hydrogen-bond donors (Lipinski definition) is 0. The van der Waals surface area contributed by atoms with Gasteiger partial charge in [-0.15, -0.1) is 120 Å². The van der Waals surface area contributed by atoms with Crippen LogP contribution in [0.2, 0.25) is 0 Å². The first-order valence-electron chi connectivity index (χ1n) is 2.90. The van der Waals surface area contributed by atoms with Crippen LogP contribution in [0.1, 0.15) is 5.56 Å². The van der Waals surface area contributed by atoms with Crippen LogP contribution in [0.4, 0.5) is 0 Å². The van der Waals surface area contributed by atoms with E-state index < -0.39 is 0 Å². The monoisotopic (exact) mass is 887 g/mol. The Morgan fingerprint density at radius 2 is 1.33 bits per heavy atom. The van der Waals surface area contributed by atoms with Crippen LogP contribution in [0.15, 0.2) is 31.1 Å². The molecule has 1 rings (SSSR count).